The van der Waals surface area contributed by atoms with E-state index in [1.165, 1.54) is 0 Å². The van der Waals surface area contributed by atoms with Crippen LogP contribution in [0.5, 0.6) is 0 Å². The van der Waals surface area contributed by atoms with E-state index in [-0.39, 0.29) is 6.04 Å². The number of hydrogen-bond acceptors (Lipinski definition) is 4. The van der Waals surface area contributed by atoms with Gasteiger partial charge in [-0.2, -0.15) is 11.8 Å². The maximum Gasteiger partial charge on any atom is 0.240 e. The summed E-state index contributed by atoms with van der Waals surface area (Å²) in [5.41, 5.74) is 0. The molecule has 0 aromatic carbocycles. The fourth-order valence-corrected chi connectivity index (χ4v) is 3.50. The molecule has 0 saturated carbocycles. The number of amides is 1. The first kappa shape index (κ1) is 10.6. The summed E-state index contributed by atoms with van der Waals surface area (Å²) in [5.74, 6) is 2.18. The third-order valence-corrected chi connectivity index (χ3v) is 4.80. The van der Waals surface area contributed by atoms with Crippen LogP contribution >= 0.6 is 23.5 Å². The van der Waals surface area contributed by atoms with E-state index in [1.807, 2.05) is 28.4 Å². The predicted octanol–water partition coefficient (Wildman–Crippen LogP) is 0.613. The highest BCUT2D eigenvalue weighted by Crippen LogP contribution is 2.22. The molecule has 3 nitrogen and oxygen atoms in total. The van der Waals surface area contributed by atoms with E-state index in [0.29, 0.717) is 11.2 Å². The molecular formula is C9H16N2OS2. The Morgan fingerprint density at radius 2 is 2.50 bits per heavy atom. The summed E-state index contributed by atoms with van der Waals surface area (Å²) in [6, 6.07) is 0.0839. The van der Waals surface area contributed by atoms with Crippen LogP contribution in [-0.4, -0.2) is 53.1 Å². The normalized spacial score (nSPS) is 32.5. The van der Waals surface area contributed by atoms with Gasteiger partial charge < -0.3 is 4.90 Å². The van der Waals surface area contributed by atoms with E-state index >= 15 is 0 Å². The van der Waals surface area contributed by atoms with E-state index in [9.17, 15) is 4.79 Å². The lowest BCUT2D eigenvalue weighted by molar-refractivity contribution is -0.131. The van der Waals surface area contributed by atoms with Gasteiger partial charge in [0.05, 0.1) is 6.04 Å². The lowest BCUT2D eigenvalue weighted by Gasteiger charge is -2.19. The van der Waals surface area contributed by atoms with Crippen molar-refractivity contribution in [3.63, 3.8) is 0 Å². The summed E-state index contributed by atoms with van der Waals surface area (Å²) in [6.45, 7) is 1.90. The van der Waals surface area contributed by atoms with Gasteiger partial charge in [0.15, 0.2) is 0 Å². The zero-order chi connectivity index (χ0) is 9.97. The van der Waals surface area contributed by atoms with Gasteiger partial charge in [0.1, 0.15) is 0 Å². The Morgan fingerprint density at radius 3 is 3.07 bits per heavy atom. The molecule has 2 atom stereocenters. The van der Waals surface area contributed by atoms with Crippen molar-refractivity contribution in [2.45, 2.75) is 17.7 Å². The van der Waals surface area contributed by atoms with Gasteiger partial charge in [0, 0.05) is 30.0 Å². The first-order valence-electron chi connectivity index (χ1n) is 4.94. The molecule has 0 radical (unpaired) electrons. The zero-order valence-electron chi connectivity index (χ0n) is 8.36. The van der Waals surface area contributed by atoms with Crippen molar-refractivity contribution >= 4 is 29.4 Å². The number of carbonyl (C=O) groups excluding carboxylic acids is 1. The van der Waals surface area contributed by atoms with Crippen molar-refractivity contribution in [3.05, 3.63) is 0 Å². The second-order valence-electron chi connectivity index (χ2n) is 3.70. The number of nitrogens with one attached hydrogen (secondary N) is 1. The molecular weight excluding hydrogens is 216 g/mol. The molecule has 0 spiro atoms. The summed E-state index contributed by atoms with van der Waals surface area (Å²) < 4.78 is 0. The molecule has 0 aliphatic carbocycles. The maximum absolute atomic E-state index is 11.9. The van der Waals surface area contributed by atoms with Crippen molar-refractivity contribution in [1.82, 2.24) is 10.2 Å². The Morgan fingerprint density at radius 1 is 1.64 bits per heavy atom. The molecule has 2 aliphatic heterocycles. The average Bonchev–Trinajstić information content (AvgIpc) is 2.88. The molecule has 2 aliphatic rings. The van der Waals surface area contributed by atoms with E-state index in [0.717, 1.165) is 31.1 Å². The van der Waals surface area contributed by atoms with Crippen LogP contribution in [0.2, 0.25) is 0 Å². The Balaban J connectivity index is 1.86. The van der Waals surface area contributed by atoms with E-state index in [2.05, 4.69) is 11.6 Å². The number of rotatable bonds is 2. The molecule has 2 rings (SSSR count). The van der Waals surface area contributed by atoms with Crippen LogP contribution in [0.4, 0.5) is 0 Å². The van der Waals surface area contributed by atoms with Crippen LogP contribution in [0, 0.1) is 0 Å². The minimum Gasteiger partial charge on any atom is -0.340 e. The van der Waals surface area contributed by atoms with E-state index < -0.39 is 0 Å². The highest BCUT2D eigenvalue weighted by Gasteiger charge is 2.31. The Bertz CT molecular complexity index is 219. The van der Waals surface area contributed by atoms with Crippen molar-refractivity contribution < 1.29 is 4.79 Å². The highest BCUT2D eigenvalue weighted by atomic mass is 32.2. The van der Waals surface area contributed by atoms with Gasteiger partial charge in [-0.15, -0.1) is 11.8 Å². The predicted molar refractivity (Wildman–Crippen MR) is 62.7 cm³/mol. The topological polar surface area (TPSA) is 32.3 Å². The lowest BCUT2D eigenvalue weighted by Crippen LogP contribution is -2.44. The molecule has 0 aromatic rings. The van der Waals surface area contributed by atoms with Gasteiger partial charge in [0.25, 0.3) is 0 Å². The smallest absolute Gasteiger partial charge is 0.240 e. The molecule has 2 saturated heterocycles. The molecule has 80 valence electrons. The summed E-state index contributed by atoms with van der Waals surface area (Å²) >= 11 is 3.69. The minimum absolute atomic E-state index is 0.0839. The van der Waals surface area contributed by atoms with Crippen molar-refractivity contribution in [3.8, 4) is 0 Å². The minimum atomic E-state index is 0.0839. The second kappa shape index (κ2) is 4.77. The Labute approximate surface area is 93.4 Å². The third-order valence-electron chi connectivity index (χ3n) is 2.80. The standard InChI is InChI=1S/C9H16N2OS2/c1-13-7-2-3-11(4-7)9(12)8-5-14-6-10-8/h7-8,10H,2-6H2,1H3. The van der Waals surface area contributed by atoms with Crippen LogP contribution in [0.15, 0.2) is 0 Å². The van der Waals surface area contributed by atoms with Crippen molar-refractivity contribution in [2.75, 3.05) is 31.0 Å². The molecule has 1 N–H and O–H groups in total. The maximum atomic E-state index is 11.9. The Hall–Kier alpha value is 0.130. The molecule has 0 bridgehead atoms. The number of carbonyl (C=O) groups is 1. The molecule has 1 amide bonds. The molecule has 2 unspecified atom stereocenters. The second-order valence-corrected chi connectivity index (χ2v) is 5.87. The number of nitrogens with zero attached hydrogens (tertiary/aromatic N) is 1. The quantitative estimate of drug-likeness (QED) is 0.756. The van der Waals surface area contributed by atoms with Gasteiger partial charge >= 0.3 is 0 Å². The summed E-state index contributed by atoms with van der Waals surface area (Å²) in [4.78, 5) is 14.0. The highest BCUT2D eigenvalue weighted by molar-refractivity contribution is 7.99. The van der Waals surface area contributed by atoms with Gasteiger partial charge in [-0.3, -0.25) is 10.1 Å². The van der Waals surface area contributed by atoms with Gasteiger partial charge in [-0.1, -0.05) is 0 Å². The summed E-state index contributed by atoms with van der Waals surface area (Å²) in [6.07, 6.45) is 3.29. The average molecular weight is 232 g/mol. The van der Waals surface area contributed by atoms with Gasteiger partial charge in [0.2, 0.25) is 5.91 Å². The number of thioether (sulfide) groups is 2. The SMILES string of the molecule is CSC1CCN(C(=O)C2CSCN2)C1. The molecule has 14 heavy (non-hydrogen) atoms. The summed E-state index contributed by atoms with van der Waals surface area (Å²) in [5, 5.41) is 3.89. The van der Waals surface area contributed by atoms with Crippen LogP contribution in [0.25, 0.3) is 0 Å². The summed E-state index contributed by atoms with van der Waals surface area (Å²) in [7, 11) is 0. The van der Waals surface area contributed by atoms with Crippen molar-refractivity contribution in [2.24, 2.45) is 0 Å². The van der Waals surface area contributed by atoms with E-state index in [4.69, 9.17) is 0 Å². The molecule has 2 heterocycles. The largest absolute Gasteiger partial charge is 0.340 e. The lowest BCUT2D eigenvalue weighted by atomic mass is 10.3. The van der Waals surface area contributed by atoms with Crippen molar-refractivity contribution in [1.29, 1.82) is 0 Å². The number of hydrogen-bond donors (Lipinski definition) is 1. The Kier molecular flexibility index (Phi) is 3.62. The molecule has 5 heteroatoms. The van der Waals surface area contributed by atoms with E-state index in [1.54, 1.807) is 0 Å². The van der Waals surface area contributed by atoms with Crippen LogP contribution in [0.1, 0.15) is 6.42 Å². The van der Waals surface area contributed by atoms with Crippen LogP contribution < -0.4 is 5.32 Å². The van der Waals surface area contributed by atoms with Crippen LogP contribution in [-0.2, 0) is 4.79 Å². The monoisotopic (exact) mass is 232 g/mol. The number of likely N-dealkylation sites (tertiary alicyclic amines) is 1. The fraction of sp³-hybridized carbons (Fsp3) is 0.889. The molecule has 2 fully saturated rings. The first-order valence-corrected chi connectivity index (χ1v) is 7.38. The van der Waals surface area contributed by atoms with Gasteiger partial charge in [-0.05, 0) is 12.7 Å². The van der Waals surface area contributed by atoms with Gasteiger partial charge in [-0.25, -0.2) is 0 Å². The fourth-order valence-electron chi connectivity index (χ4n) is 1.89. The van der Waals surface area contributed by atoms with Crippen LogP contribution in [0.3, 0.4) is 0 Å². The first-order chi connectivity index (χ1) is 6.81. The third kappa shape index (κ3) is 2.20. The molecule has 0 aromatic heterocycles. The zero-order valence-corrected chi connectivity index (χ0v) is 10.00.